The molecule has 0 saturated heterocycles. The van der Waals surface area contributed by atoms with E-state index in [4.69, 9.17) is 4.43 Å². The monoisotopic (exact) mass is 356 g/mol. The summed E-state index contributed by atoms with van der Waals surface area (Å²) in [5, 5.41) is 13.3. The maximum absolute atomic E-state index is 10.7. The van der Waals surface area contributed by atoms with Crippen LogP contribution in [0.5, 0.6) is 5.75 Å². The zero-order valence-corrected chi connectivity index (χ0v) is 17.3. The molecule has 0 unspecified atom stereocenters. The van der Waals surface area contributed by atoms with Crippen molar-refractivity contribution in [1.82, 2.24) is 0 Å². The molecule has 136 valence electrons. The smallest absolute Gasteiger partial charge is 0.250 e. The van der Waals surface area contributed by atoms with E-state index in [0.717, 1.165) is 25.0 Å². The maximum Gasteiger partial charge on any atom is 0.250 e. The molecule has 0 aliphatic heterocycles. The van der Waals surface area contributed by atoms with Gasteiger partial charge in [-0.15, -0.1) is 0 Å². The van der Waals surface area contributed by atoms with Crippen molar-refractivity contribution in [3.63, 3.8) is 0 Å². The summed E-state index contributed by atoms with van der Waals surface area (Å²) in [5.74, 6) is 1.18. The van der Waals surface area contributed by atoms with Crippen LogP contribution in [0.3, 0.4) is 0 Å². The highest BCUT2D eigenvalue weighted by molar-refractivity contribution is 6.74. The van der Waals surface area contributed by atoms with Gasteiger partial charge >= 0.3 is 0 Å². The molecule has 0 bridgehead atoms. The molecule has 1 saturated carbocycles. The van der Waals surface area contributed by atoms with Gasteiger partial charge in [0.2, 0.25) is 8.32 Å². The van der Waals surface area contributed by atoms with Gasteiger partial charge < -0.3 is 9.53 Å². The molecule has 0 aromatic heterocycles. The Kier molecular flexibility index (Phi) is 5.00. The van der Waals surface area contributed by atoms with Gasteiger partial charge in [-0.05, 0) is 47.8 Å². The van der Waals surface area contributed by atoms with Gasteiger partial charge in [-0.2, -0.15) is 0 Å². The predicted molar refractivity (Wildman–Crippen MR) is 109 cm³/mol. The molecule has 3 heteroatoms. The second-order valence-corrected chi connectivity index (χ2v) is 13.7. The largest absolute Gasteiger partial charge is 0.543 e. The van der Waals surface area contributed by atoms with E-state index in [2.05, 4.69) is 70.3 Å². The fourth-order valence-corrected chi connectivity index (χ4v) is 4.66. The van der Waals surface area contributed by atoms with Gasteiger partial charge in [0, 0.05) is 11.5 Å². The number of aliphatic hydroxyl groups is 1. The Bertz CT molecular complexity index is 745. The Morgan fingerprint density at radius 3 is 2.36 bits per heavy atom. The summed E-state index contributed by atoms with van der Waals surface area (Å²) in [4.78, 5) is 0. The fraction of sp³-hybridized carbons (Fsp3) is 0.545. The molecular formula is C22H32O2Si. The van der Waals surface area contributed by atoms with Crippen molar-refractivity contribution in [2.24, 2.45) is 0 Å². The van der Waals surface area contributed by atoms with Gasteiger partial charge in [0.25, 0.3) is 0 Å². The zero-order chi connectivity index (χ0) is 18.2. The van der Waals surface area contributed by atoms with Crippen LogP contribution in [-0.4, -0.2) is 19.5 Å². The van der Waals surface area contributed by atoms with Crippen LogP contribution in [0.15, 0.2) is 36.4 Å². The molecule has 2 aromatic carbocycles. The van der Waals surface area contributed by atoms with Crippen molar-refractivity contribution in [2.75, 3.05) is 0 Å². The summed E-state index contributed by atoms with van der Waals surface area (Å²) in [7, 11) is -1.93. The van der Waals surface area contributed by atoms with Gasteiger partial charge in [-0.1, -0.05) is 63.9 Å². The van der Waals surface area contributed by atoms with Gasteiger partial charge in [0.15, 0.2) is 0 Å². The molecular weight excluding hydrogens is 324 g/mol. The lowest BCUT2D eigenvalue weighted by Crippen LogP contribution is -2.44. The summed E-state index contributed by atoms with van der Waals surface area (Å²) in [6.45, 7) is 11.4. The van der Waals surface area contributed by atoms with Crippen LogP contribution < -0.4 is 4.43 Å². The molecule has 2 atom stereocenters. The second-order valence-electron chi connectivity index (χ2n) is 9.02. The van der Waals surface area contributed by atoms with Crippen LogP contribution in [0.2, 0.25) is 18.1 Å². The van der Waals surface area contributed by atoms with Crippen molar-refractivity contribution in [3.05, 3.63) is 42.0 Å². The Balaban J connectivity index is 2.13. The fourth-order valence-electron chi connectivity index (χ4n) is 3.62. The number of hydrogen-bond donors (Lipinski definition) is 1. The highest BCUT2D eigenvalue weighted by Gasteiger charge is 2.40. The van der Waals surface area contributed by atoms with Gasteiger partial charge in [0.1, 0.15) is 5.75 Å². The first kappa shape index (κ1) is 18.5. The minimum absolute atomic E-state index is 0.154. The van der Waals surface area contributed by atoms with E-state index in [1.165, 1.54) is 22.8 Å². The van der Waals surface area contributed by atoms with Crippen LogP contribution in [0.4, 0.5) is 0 Å². The second kappa shape index (κ2) is 6.77. The zero-order valence-electron chi connectivity index (χ0n) is 16.3. The lowest BCUT2D eigenvalue weighted by Gasteiger charge is -2.38. The molecule has 0 heterocycles. The molecule has 3 rings (SSSR count). The Morgan fingerprint density at radius 1 is 1.00 bits per heavy atom. The summed E-state index contributed by atoms with van der Waals surface area (Å²) in [5.41, 5.74) is 1.23. The normalized spacial score (nSPS) is 22.2. The molecule has 2 aromatic rings. The van der Waals surface area contributed by atoms with Crippen molar-refractivity contribution >= 4 is 19.1 Å². The minimum Gasteiger partial charge on any atom is -0.543 e. The third-order valence-electron chi connectivity index (χ3n) is 6.20. The summed E-state index contributed by atoms with van der Waals surface area (Å²) in [6, 6.07) is 12.8. The van der Waals surface area contributed by atoms with E-state index in [1.807, 2.05) is 0 Å². The minimum atomic E-state index is -1.93. The molecule has 1 aliphatic carbocycles. The average molecular weight is 357 g/mol. The average Bonchev–Trinajstić information content (AvgIpc) is 2.54. The number of fused-ring (bicyclic) bond motifs is 1. The lowest BCUT2D eigenvalue weighted by molar-refractivity contribution is 0.106. The third-order valence-corrected chi connectivity index (χ3v) is 10.5. The Labute approximate surface area is 153 Å². The number of hydrogen-bond acceptors (Lipinski definition) is 2. The lowest BCUT2D eigenvalue weighted by atomic mass is 9.79. The third kappa shape index (κ3) is 3.63. The van der Waals surface area contributed by atoms with Gasteiger partial charge in [-0.3, -0.25) is 0 Å². The molecule has 25 heavy (non-hydrogen) atoms. The highest BCUT2D eigenvalue weighted by Crippen LogP contribution is 2.45. The predicted octanol–water partition coefficient (Wildman–Crippen LogP) is 6.24. The number of benzene rings is 2. The molecule has 2 nitrogen and oxygen atoms in total. The van der Waals surface area contributed by atoms with Crippen LogP contribution in [-0.2, 0) is 0 Å². The van der Waals surface area contributed by atoms with Gasteiger partial charge in [-0.25, -0.2) is 0 Å². The van der Waals surface area contributed by atoms with Crippen molar-refractivity contribution in [2.45, 2.75) is 76.6 Å². The quantitative estimate of drug-likeness (QED) is 0.659. The molecule has 0 radical (unpaired) electrons. The number of aliphatic hydroxyl groups excluding tert-OH is 1. The van der Waals surface area contributed by atoms with Crippen LogP contribution in [0, 0.1) is 0 Å². The first-order valence-electron chi connectivity index (χ1n) is 9.59. The molecule has 1 fully saturated rings. The molecule has 0 spiro atoms. The van der Waals surface area contributed by atoms with Crippen LogP contribution in [0.1, 0.15) is 57.9 Å². The van der Waals surface area contributed by atoms with Crippen LogP contribution in [0.25, 0.3) is 10.8 Å². The van der Waals surface area contributed by atoms with Gasteiger partial charge in [0.05, 0.1) is 6.10 Å². The van der Waals surface area contributed by atoms with E-state index in [0.29, 0.717) is 0 Å². The number of rotatable bonds is 3. The molecule has 1 N–H and O–H groups in total. The van der Waals surface area contributed by atoms with Crippen molar-refractivity contribution < 1.29 is 9.53 Å². The maximum atomic E-state index is 10.7. The van der Waals surface area contributed by atoms with E-state index in [1.54, 1.807) is 0 Å². The first-order valence-corrected chi connectivity index (χ1v) is 12.5. The van der Waals surface area contributed by atoms with E-state index in [9.17, 15) is 5.11 Å². The van der Waals surface area contributed by atoms with E-state index in [-0.39, 0.29) is 17.1 Å². The molecule has 1 aliphatic rings. The SMILES string of the molecule is CC(C)(C)[Si](C)(C)Oc1ccc2ccccc2c1[C@@H]1CCCC[C@@H]1O. The first-order chi connectivity index (χ1) is 11.7. The van der Waals surface area contributed by atoms with Crippen LogP contribution >= 0.6 is 0 Å². The molecule has 0 amide bonds. The Morgan fingerprint density at radius 2 is 1.68 bits per heavy atom. The topological polar surface area (TPSA) is 29.5 Å². The highest BCUT2D eigenvalue weighted by atomic mass is 28.4. The summed E-state index contributed by atoms with van der Waals surface area (Å²) >= 11 is 0. The van der Waals surface area contributed by atoms with E-state index >= 15 is 0 Å². The Hall–Kier alpha value is -1.32. The van der Waals surface area contributed by atoms with E-state index < -0.39 is 8.32 Å². The summed E-state index contributed by atoms with van der Waals surface area (Å²) in [6.07, 6.45) is 3.99. The van der Waals surface area contributed by atoms with Crippen molar-refractivity contribution in [1.29, 1.82) is 0 Å². The summed E-state index contributed by atoms with van der Waals surface area (Å²) < 4.78 is 6.73. The van der Waals surface area contributed by atoms with Crippen molar-refractivity contribution in [3.8, 4) is 5.75 Å². The standard InChI is InChI=1S/C22H32O2Si/c1-22(2,3)25(4,5)24-20-15-14-16-10-6-7-11-17(16)21(20)18-12-8-9-13-19(18)23/h6-7,10-11,14-15,18-19,23H,8-9,12-13H2,1-5H3/t18-,19+/m1/s1.